The fourth-order valence-electron chi connectivity index (χ4n) is 2.78. The number of aryl methyl sites for hydroxylation is 2. The average Bonchev–Trinajstić information content (AvgIpc) is 2.99. The van der Waals surface area contributed by atoms with Gasteiger partial charge in [-0.05, 0) is 19.4 Å². The Morgan fingerprint density at radius 2 is 1.93 bits per heavy atom. The average molecular weight is 388 g/mol. The molecule has 2 aromatic rings. The first-order chi connectivity index (χ1) is 13.0. The third kappa shape index (κ3) is 5.27. The zero-order chi connectivity index (χ0) is 19.2. The topological polar surface area (TPSA) is 83.6 Å². The van der Waals surface area contributed by atoms with Crippen LogP contribution < -0.4 is 10.6 Å². The van der Waals surface area contributed by atoms with Crippen LogP contribution in [-0.4, -0.2) is 54.2 Å². The predicted octanol–water partition coefficient (Wildman–Crippen LogP) is 2.35. The molecule has 0 spiro atoms. The summed E-state index contributed by atoms with van der Waals surface area (Å²) in [6.45, 7) is 5.95. The summed E-state index contributed by atoms with van der Waals surface area (Å²) in [5.41, 5.74) is 1.87. The van der Waals surface area contributed by atoms with Crippen molar-refractivity contribution in [2.45, 2.75) is 26.3 Å². The number of hydrogen-bond donors (Lipinski definition) is 2. The lowest BCUT2D eigenvalue weighted by Gasteiger charge is -2.29. The van der Waals surface area contributed by atoms with Crippen LogP contribution in [0.5, 0.6) is 0 Å². The van der Waals surface area contributed by atoms with E-state index >= 15 is 0 Å². The first kappa shape index (κ1) is 19.3. The Bertz CT molecular complexity index is 768. The number of benzene rings is 1. The molecule has 8 heteroatoms. The molecule has 2 heterocycles. The quantitative estimate of drug-likeness (QED) is 0.824. The van der Waals surface area contributed by atoms with Gasteiger partial charge in [0.25, 0.3) is 0 Å². The number of anilines is 1. The van der Waals surface area contributed by atoms with E-state index in [1.165, 1.54) is 11.3 Å². The minimum absolute atomic E-state index is 0.249. The summed E-state index contributed by atoms with van der Waals surface area (Å²) in [5.74, 6) is -0.269. The third-order valence-electron chi connectivity index (χ3n) is 4.45. The van der Waals surface area contributed by atoms with Gasteiger partial charge in [-0.15, -0.1) is 11.3 Å². The van der Waals surface area contributed by atoms with Crippen molar-refractivity contribution in [2.75, 3.05) is 31.6 Å². The number of amides is 3. The maximum absolute atomic E-state index is 12.9. The lowest BCUT2D eigenvalue weighted by Crippen LogP contribution is -2.53. The Labute approximate surface area is 162 Å². The molecule has 1 atom stereocenters. The van der Waals surface area contributed by atoms with Crippen LogP contribution in [0, 0.1) is 13.8 Å². The summed E-state index contributed by atoms with van der Waals surface area (Å²) < 4.78 is 5.28. The van der Waals surface area contributed by atoms with Gasteiger partial charge in [0.15, 0.2) is 5.13 Å². The third-order valence-corrected chi connectivity index (χ3v) is 5.44. The normalized spacial score (nSPS) is 15.3. The van der Waals surface area contributed by atoms with Crippen molar-refractivity contribution in [2.24, 2.45) is 0 Å². The number of aromatic nitrogens is 1. The van der Waals surface area contributed by atoms with Crippen molar-refractivity contribution in [3.8, 4) is 0 Å². The van der Waals surface area contributed by atoms with E-state index in [0.29, 0.717) is 37.9 Å². The molecule has 1 aliphatic heterocycles. The van der Waals surface area contributed by atoms with Gasteiger partial charge in [0.05, 0.1) is 18.9 Å². The van der Waals surface area contributed by atoms with E-state index in [4.69, 9.17) is 4.74 Å². The zero-order valence-electron chi connectivity index (χ0n) is 15.5. The van der Waals surface area contributed by atoms with Crippen molar-refractivity contribution >= 4 is 28.4 Å². The van der Waals surface area contributed by atoms with Gasteiger partial charge in [0.2, 0.25) is 5.91 Å². The number of nitrogens with one attached hydrogen (secondary N) is 2. The lowest BCUT2D eigenvalue weighted by molar-refractivity contribution is -0.118. The molecule has 1 saturated heterocycles. The minimum Gasteiger partial charge on any atom is -0.378 e. The second kappa shape index (κ2) is 8.96. The number of morpholine rings is 1. The van der Waals surface area contributed by atoms with Gasteiger partial charge in [-0.1, -0.05) is 30.3 Å². The van der Waals surface area contributed by atoms with Crippen LogP contribution in [0.3, 0.4) is 0 Å². The number of ether oxygens (including phenoxy) is 1. The van der Waals surface area contributed by atoms with E-state index in [0.717, 1.165) is 16.1 Å². The molecule has 1 aliphatic rings. The SMILES string of the molecule is Cc1nc(NC(=O)C(Cc2ccccc2)NC(=O)N2CCOCC2)sc1C. The maximum atomic E-state index is 12.9. The molecule has 1 aromatic carbocycles. The number of hydrogen-bond acceptors (Lipinski definition) is 5. The van der Waals surface area contributed by atoms with E-state index in [1.54, 1.807) is 4.90 Å². The summed E-state index contributed by atoms with van der Waals surface area (Å²) >= 11 is 1.43. The summed E-state index contributed by atoms with van der Waals surface area (Å²) in [6, 6.07) is 8.71. The number of nitrogens with zero attached hydrogens (tertiary/aromatic N) is 2. The van der Waals surface area contributed by atoms with Crippen molar-refractivity contribution in [1.29, 1.82) is 0 Å². The summed E-state index contributed by atoms with van der Waals surface area (Å²) in [5, 5.41) is 6.27. The molecular weight excluding hydrogens is 364 g/mol. The molecule has 0 saturated carbocycles. The first-order valence-corrected chi connectivity index (χ1v) is 9.76. The van der Waals surface area contributed by atoms with Gasteiger partial charge in [-0.3, -0.25) is 4.79 Å². The second-order valence-electron chi connectivity index (χ2n) is 6.44. The second-order valence-corrected chi connectivity index (χ2v) is 7.64. The number of carbonyl (C=O) groups is 2. The highest BCUT2D eigenvalue weighted by Crippen LogP contribution is 2.21. The van der Waals surface area contributed by atoms with Gasteiger partial charge in [0, 0.05) is 24.4 Å². The molecule has 3 rings (SSSR count). The van der Waals surface area contributed by atoms with Crippen molar-refractivity contribution in [1.82, 2.24) is 15.2 Å². The number of rotatable bonds is 5. The smallest absolute Gasteiger partial charge is 0.318 e. The predicted molar refractivity (Wildman–Crippen MR) is 105 cm³/mol. The van der Waals surface area contributed by atoms with E-state index in [2.05, 4.69) is 15.6 Å². The van der Waals surface area contributed by atoms with Crippen molar-refractivity contribution in [3.05, 3.63) is 46.5 Å². The highest BCUT2D eigenvalue weighted by molar-refractivity contribution is 7.15. The van der Waals surface area contributed by atoms with Crippen LogP contribution in [0.4, 0.5) is 9.93 Å². The Balaban J connectivity index is 1.71. The Hall–Kier alpha value is -2.45. The molecule has 0 bridgehead atoms. The molecule has 1 fully saturated rings. The largest absolute Gasteiger partial charge is 0.378 e. The summed E-state index contributed by atoms with van der Waals surface area (Å²) in [6.07, 6.45) is 0.409. The first-order valence-electron chi connectivity index (χ1n) is 8.95. The molecule has 0 aliphatic carbocycles. The molecule has 0 radical (unpaired) electrons. The molecule has 7 nitrogen and oxygen atoms in total. The molecule has 1 unspecified atom stereocenters. The molecule has 27 heavy (non-hydrogen) atoms. The van der Waals surface area contributed by atoms with E-state index in [-0.39, 0.29) is 11.9 Å². The van der Waals surface area contributed by atoms with Gasteiger partial charge in [-0.2, -0.15) is 0 Å². The van der Waals surface area contributed by atoms with Gasteiger partial charge >= 0.3 is 6.03 Å². The van der Waals surface area contributed by atoms with Crippen LogP contribution in [-0.2, 0) is 16.0 Å². The maximum Gasteiger partial charge on any atom is 0.318 e. The van der Waals surface area contributed by atoms with Crippen molar-refractivity contribution in [3.63, 3.8) is 0 Å². The zero-order valence-corrected chi connectivity index (χ0v) is 16.3. The van der Waals surface area contributed by atoms with E-state index in [1.807, 2.05) is 44.2 Å². The van der Waals surface area contributed by atoms with E-state index < -0.39 is 6.04 Å². The molecule has 2 N–H and O–H groups in total. The molecular formula is C19H24N4O3S. The van der Waals surface area contributed by atoms with Crippen LogP contribution in [0.25, 0.3) is 0 Å². The summed E-state index contributed by atoms with van der Waals surface area (Å²) in [4.78, 5) is 32.5. The van der Waals surface area contributed by atoms with Crippen LogP contribution in [0.2, 0.25) is 0 Å². The highest BCUT2D eigenvalue weighted by Gasteiger charge is 2.26. The lowest BCUT2D eigenvalue weighted by atomic mass is 10.1. The number of thiazole rings is 1. The van der Waals surface area contributed by atoms with E-state index in [9.17, 15) is 9.59 Å². The fraction of sp³-hybridized carbons (Fsp3) is 0.421. The van der Waals surface area contributed by atoms with Gasteiger partial charge in [-0.25, -0.2) is 9.78 Å². The highest BCUT2D eigenvalue weighted by atomic mass is 32.1. The van der Waals surface area contributed by atoms with Gasteiger partial charge < -0.3 is 20.3 Å². The van der Waals surface area contributed by atoms with Gasteiger partial charge in [0.1, 0.15) is 6.04 Å². The fourth-order valence-corrected chi connectivity index (χ4v) is 3.60. The van der Waals surface area contributed by atoms with Crippen molar-refractivity contribution < 1.29 is 14.3 Å². The van der Waals surface area contributed by atoms with Crippen LogP contribution in [0.15, 0.2) is 30.3 Å². The minimum atomic E-state index is -0.688. The molecule has 1 aromatic heterocycles. The standard InChI is InChI=1S/C19H24N4O3S/c1-13-14(2)27-18(20-13)22-17(24)16(12-15-6-4-3-5-7-15)21-19(25)23-8-10-26-11-9-23/h3-7,16H,8-12H2,1-2H3,(H,21,25)(H,20,22,24). The van der Waals surface area contributed by atoms with Crippen LogP contribution >= 0.6 is 11.3 Å². The Morgan fingerprint density at radius 1 is 1.22 bits per heavy atom. The Kier molecular flexibility index (Phi) is 6.41. The Morgan fingerprint density at radius 3 is 2.56 bits per heavy atom. The number of carbonyl (C=O) groups excluding carboxylic acids is 2. The molecule has 3 amide bonds. The number of urea groups is 1. The van der Waals surface area contributed by atoms with Crippen LogP contribution in [0.1, 0.15) is 16.1 Å². The monoisotopic (exact) mass is 388 g/mol. The molecule has 144 valence electrons. The summed E-state index contributed by atoms with van der Waals surface area (Å²) in [7, 11) is 0.